The molecule has 0 bridgehead atoms. The molecule has 1 aromatic rings. The fourth-order valence-electron chi connectivity index (χ4n) is 1.83. The van der Waals surface area contributed by atoms with Gasteiger partial charge in [0.25, 0.3) is 5.09 Å². The highest BCUT2D eigenvalue weighted by atomic mass is 32.2. The molecule has 0 saturated heterocycles. The maximum Gasteiger partial charge on any atom is 0.375 e. The van der Waals surface area contributed by atoms with Crippen molar-refractivity contribution >= 4 is 29.5 Å². The molecule has 1 aromatic carbocycles. The first-order valence-electron chi connectivity index (χ1n) is 8.57. The van der Waals surface area contributed by atoms with E-state index in [2.05, 4.69) is 9.57 Å². The van der Waals surface area contributed by atoms with E-state index in [0.717, 1.165) is 11.8 Å². The molecule has 0 aliphatic rings. The Morgan fingerprint density at radius 3 is 2.17 bits per heavy atom. The number of benzene rings is 1. The zero-order valence-electron chi connectivity index (χ0n) is 16.1. The summed E-state index contributed by atoms with van der Waals surface area (Å²) in [4.78, 5) is 48.5. The van der Waals surface area contributed by atoms with Crippen LogP contribution in [0, 0.1) is 10.1 Å². The SMILES string of the molecule is COC(=O)[C@@H](N)CSCC(=O)C(=O)OCCOc1ccc(OCCO[N+](=O)[O-])cc1. The summed E-state index contributed by atoms with van der Waals surface area (Å²) in [6.07, 6.45) is 0. The molecule has 0 radical (unpaired) electrons. The van der Waals surface area contributed by atoms with Crippen molar-refractivity contribution in [3.05, 3.63) is 34.4 Å². The van der Waals surface area contributed by atoms with Gasteiger partial charge in [-0.3, -0.25) is 9.59 Å². The van der Waals surface area contributed by atoms with Crippen LogP contribution < -0.4 is 15.2 Å². The van der Waals surface area contributed by atoms with Crippen LogP contribution >= 0.6 is 11.8 Å². The quantitative estimate of drug-likeness (QED) is 0.126. The summed E-state index contributed by atoms with van der Waals surface area (Å²) in [7, 11) is 1.21. The van der Waals surface area contributed by atoms with Crippen LogP contribution in [-0.2, 0) is 28.7 Å². The summed E-state index contributed by atoms with van der Waals surface area (Å²) in [6.45, 7) is -0.284. The number of esters is 2. The Balaban J connectivity index is 2.18. The van der Waals surface area contributed by atoms with Gasteiger partial charge in [-0.05, 0) is 24.3 Å². The van der Waals surface area contributed by atoms with Crippen molar-refractivity contribution in [1.29, 1.82) is 0 Å². The van der Waals surface area contributed by atoms with E-state index in [4.69, 9.17) is 19.9 Å². The number of Topliss-reactive ketones (excluding diaryl/α,β-unsaturated/α-hetero) is 1. The van der Waals surface area contributed by atoms with Crippen LogP contribution in [0.2, 0.25) is 0 Å². The lowest BCUT2D eigenvalue weighted by Gasteiger charge is -2.09. The number of thioether (sulfide) groups is 1. The van der Waals surface area contributed by atoms with Crippen LogP contribution in [0.15, 0.2) is 24.3 Å². The average molecular weight is 446 g/mol. The van der Waals surface area contributed by atoms with Gasteiger partial charge in [0.05, 0.1) is 12.9 Å². The van der Waals surface area contributed by atoms with E-state index in [1.165, 1.54) is 7.11 Å². The van der Waals surface area contributed by atoms with Crippen molar-refractivity contribution in [3.63, 3.8) is 0 Å². The van der Waals surface area contributed by atoms with Gasteiger partial charge in [-0.1, -0.05) is 0 Å². The van der Waals surface area contributed by atoms with Gasteiger partial charge in [-0.25, -0.2) is 4.79 Å². The van der Waals surface area contributed by atoms with Crippen LogP contribution in [0.5, 0.6) is 11.5 Å². The molecule has 0 spiro atoms. The molecular formula is C17H22N2O10S. The number of rotatable bonds is 15. The number of carbonyl (C=O) groups is 3. The molecule has 166 valence electrons. The van der Waals surface area contributed by atoms with Gasteiger partial charge in [0.1, 0.15) is 44.0 Å². The Labute approximate surface area is 176 Å². The van der Waals surface area contributed by atoms with Gasteiger partial charge in [-0.2, -0.15) is 11.8 Å². The zero-order valence-corrected chi connectivity index (χ0v) is 17.0. The Hall–Kier alpha value is -3.06. The summed E-state index contributed by atoms with van der Waals surface area (Å²) in [6, 6.07) is 5.50. The second-order valence-electron chi connectivity index (χ2n) is 5.43. The van der Waals surface area contributed by atoms with E-state index in [0.29, 0.717) is 11.5 Å². The zero-order chi connectivity index (χ0) is 22.4. The predicted octanol–water partition coefficient (Wildman–Crippen LogP) is -0.00170. The Morgan fingerprint density at radius 2 is 1.63 bits per heavy atom. The van der Waals surface area contributed by atoms with Gasteiger partial charge in [-0.15, -0.1) is 10.1 Å². The van der Waals surface area contributed by atoms with Crippen LogP contribution in [0.4, 0.5) is 0 Å². The van der Waals surface area contributed by atoms with E-state index in [1.54, 1.807) is 24.3 Å². The second kappa shape index (κ2) is 14.0. The average Bonchev–Trinajstić information content (AvgIpc) is 2.74. The monoisotopic (exact) mass is 446 g/mol. The Kier molecular flexibility index (Phi) is 11.7. The van der Waals surface area contributed by atoms with Crippen LogP contribution in [0.1, 0.15) is 0 Å². The molecular weight excluding hydrogens is 424 g/mol. The summed E-state index contributed by atoms with van der Waals surface area (Å²) in [5.41, 5.74) is 5.52. The number of ketones is 1. The Morgan fingerprint density at radius 1 is 1.07 bits per heavy atom. The molecule has 0 fully saturated rings. The number of ether oxygens (including phenoxy) is 4. The number of methoxy groups -OCH3 is 1. The first kappa shape index (κ1) is 25.0. The molecule has 0 aromatic heterocycles. The van der Waals surface area contributed by atoms with Crippen molar-refractivity contribution in [1.82, 2.24) is 0 Å². The molecule has 2 N–H and O–H groups in total. The topological polar surface area (TPSA) is 167 Å². The van der Waals surface area contributed by atoms with E-state index < -0.39 is 28.9 Å². The number of hydrogen-bond donors (Lipinski definition) is 1. The summed E-state index contributed by atoms with van der Waals surface area (Å²) < 4.78 is 19.9. The molecule has 0 saturated carbocycles. The van der Waals surface area contributed by atoms with Crippen LogP contribution in [-0.4, -0.2) is 73.9 Å². The van der Waals surface area contributed by atoms with Crippen molar-refractivity contribution in [2.45, 2.75) is 6.04 Å². The van der Waals surface area contributed by atoms with Crippen LogP contribution in [0.25, 0.3) is 0 Å². The van der Waals surface area contributed by atoms with Crippen molar-refractivity contribution < 1.29 is 43.3 Å². The second-order valence-corrected chi connectivity index (χ2v) is 6.46. The molecule has 12 nitrogen and oxygen atoms in total. The Bertz CT molecular complexity index is 713. The molecule has 1 atom stereocenters. The third-order valence-electron chi connectivity index (χ3n) is 3.22. The van der Waals surface area contributed by atoms with E-state index in [9.17, 15) is 24.5 Å². The van der Waals surface area contributed by atoms with Crippen LogP contribution in [0.3, 0.4) is 0 Å². The minimum Gasteiger partial charge on any atom is -0.492 e. The molecule has 13 heteroatoms. The number of hydrogen-bond acceptors (Lipinski definition) is 12. The highest BCUT2D eigenvalue weighted by Crippen LogP contribution is 2.17. The van der Waals surface area contributed by atoms with Crippen molar-refractivity contribution in [3.8, 4) is 11.5 Å². The number of nitrogens with two attached hydrogens (primary N) is 1. The van der Waals surface area contributed by atoms with Crippen molar-refractivity contribution in [2.24, 2.45) is 5.73 Å². The maximum absolute atomic E-state index is 11.7. The van der Waals surface area contributed by atoms with Crippen molar-refractivity contribution in [2.75, 3.05) is 45.0 Å². The fraction of sp³-hybridized carbons (Fsp3) is 0.471. The third-order valence-corrected chi connectivity index (χ3v) is 4.28. The molecule has 30 heavy (non-hydrogen) atoms. The molecule has 0 heterocycles. The molecule has 0 unspecified atom stereocenters. The normalized spacial score (nSPS) is 11.1. The highest BCUT2D eigenvalue weighted by molar-refractivity contribution is 8.00. The third kappa shape index (κ3) is 10.5. The summed E-state index contributed by atoms with van der Waals surface area (Å²) >= 11 is 1.03. The lowest BCUT2D eigenvalue weighted by atomic mass is 10.3. The predicted molar refractivity (Wildman–Crippen MR) is 104 cm³/mol. The lowest BCUT2D eigenvalue weighted by Crippen LogP contribution is -2.34. The lowest BCUT2D eigenvalue weighted by molar-refractivity contribution is -0.757. The first-order valence-corrected chi connectivity index (χ1v) is 9.73. The number of carbonyl (C=O) groups excluding carboxylic acids is 3. The largest absolute Gasteiger partial charge is 0.492 e. The molecule has 0 amide bonds. The van der Waals surface area contributed by atoms with E-state index in [1.807, 2.05) is 0 Å². The highest BCUT2D eigenvalue weighted by Gasteiger charge is 2.18. The number of nitrogens with zero attached hydrogens (tertiary/aromatic N) is 1. The van der Waals surface area contributed by atoms with Gasteiger partial charge in [0.2, 0.25) is 5.78 Å². The van der Waals surface area contributed by atoms with E-state index in [-0.39, 0.29) is 37.9 Å². The van der Waals surface area contributed by atoms with Gasteiger partial charge in [0, 0.05) is 5.75 Å². The van der Waals surface area contributed by atoms with Gasteiger partial charge >= 0.3 is 11.9 Å². The van der Waals surface area contributed by atoms with E-state index >= 15 is 0 Å². The standard InChI is InChI=1S/C17H22N2O10S/c1-25-16(21)14(18)10-30-11-15(20)17(22)28-7-6-26-12-2-4-13(5-3-12)27-8-9-29-19(23)24/h2-5,14H,6-11,18H2,1H3/t14-/m0/s1. The summed E-state index contributed by atoms with van der Waals surface area (Å²) in [5.74, 6) is -1.44. The smallest absolute Gasteiger partial charge is 0.375 e. The molecule has 0 aliphatic heterocycles. The van der Waals surface area contributed by atoms with Gasteiger partial charge in [0.15, 0.2) is 0 Å². The molecule has 1 rings (SSSR count). The summed E-state index contributed by atoms with van der Waals surface area (Å²) in [5, 5.41) is 9.10. The van der Waals surface area contributed by atoms with Gasteiger partial charge < -0.3 is 29.5 Å². The minimum absolute atomic E-state index is 0.0120. The minimum atomic E-state index is -1.00. The maximum atomic E-state index is 11.7. The molecule has 0 aliphatic carbocycles. The first-order chi connectivity index (χ1) is 14.3. The fourth-order valence-corrected chi connectivity index (χ4v) is 2.65.